The number of nitriles is 1. The normalized spacial score (nSPS) is 12.3. The van der Waals surface area contributed by atoms with E-state index in [1.54, 1.807) is 6.07 Å². The third kappa shape index (κ3) is 2.95. The minimum absolute atomic E-state index is 0.252. The molecule has 0 fully saturated rings. The van der Waals surface area contributed by atoms with E-state index in [1.807, 2.05) is 13.0 Å². The van der Waals surface area contributed by atoms with E-state index in [-0.39, 0.29) is 11.9 Å². The molecule has 80 valence electrons. The van der Waals surface area contributed by atoms with Crippen molar-refractivity contribution in [1.82, 2.24) is 0 Å². The average Bonchev–Trinajstić information content (AvgIpc) is 2.20. The second-order valence-electron chi connectivity index (χ2n) is 3.98. The van der Waals surface area contributed by atoms with E-state index in [4.69, 9.17) is 5.26 Å². The van der Waals surface area contributed by atoms with Crippen molar-refractivity contribution in [2.24, 2.45) is 5.92 Å². The number of halogens is 1. The van der Waals surface area contributed by atoms with Crippen molar-refractivity contribution in [2.75, 3.05) is 5.32 Å². The highest BCUT2D eigenvalue weighted by Crippen LogP contribution is 2.18. The predicted octanol–water partition coefficient (Wildman–Crippen LogP) is 3.15. The lowest BCUT2D eigenvalue weighted by Gasteiger charge is -2.19. The SMILES string of the molecule is CC(C)C(C)Nc1ccc(F)cc1C#N. The number of hydrogen-bond acceptors (Lipinski definition) is 2. The Bertz CT molecular complexity index is 380. The highest BCUT2D eigenvalue weighted by molar-refractivity contribution is 5.57. The largest absolute Gasteiger partial charge is 0.381 e. The van der Waals surface area contributed by atoms with Crippen molar-refractivity contribution in [2.45, 2.75) is 26.8 Å². The van der Waals surface area contributed by atoms with Crippen molar-refractivity contribution in [3.8, 4) is 6.07 Å². The van der Waals surface area contributed by atoms with Crippen molar-refractivity contribution in [3.63, 3.8) is 0 Å². The molecule has 0 heterocycles. The van der Waals surface area contributed by atoms with Crippen LogP contribution in [0.15, 0.2) is 18.2 Å². The minimum atomic E-state index is -0.380. The third-order valence-electron chi connectivity index (χ3n) is 2.49. The zero-order chi connectivity index (χ0) is 11.4. The van der Waals surface area contributed by atoms with Crippen LogP contribution < -0.4 is 5.32 Å². The fraction of sp³-hybridized carbons (Fsp3) is 0.417. The van der Waals surface area contributed by atoms with Gasteiger partial charge in [-0.2, -0.15) is 5.26 Å². The topological polar surface area (TPSA) is 35.8 Å². The fourth-order valence-electron chi connectivity index (χ4n) is 1.15. The standard InChI is InChI=1S/C12H15FN2/c1-8(2)9(3)15-12-5-4-11(13)6-10(12)7-14/h4-6,8-9,15H,1-3H3. The maximum absolute atomic E-state index is 12.9. The zero-order valence-corrected chi connectivity index (χ0v) is 9.21. The maximum atomic E-state index is 12.9. The Hall–Kier alpha value is -1.56. The monoisotopic (exact) mass is 206 g/mol. The van der Waals surface area contributed by atoms with Gasteiger partial charge in [-0.05, 0) is 31.0 Å². The number of anilines is 1. The first-order chi connectivity index (χ1) is 7.04. The van der Waals surface area contributed by atoms with E-state index in [0.29, 0.717) is 17.2 Å². The van der Waals surface area contributed by atoms with Crippen molar-refractivity contribution in [1.29, 1.82) is 5.26 Å². The highest BCUT2D eigenvalue weighted by Gasteiger charge is 2.09. The van der Waals surface area contributed by atoms with Gasteiger partial charge in [0.05, 0.1) is 11.3 Å². The summed E-state index contributed by atoms with van der Waals surface area (Å²) in [6.45, 7) is 6.22. The van der Waals surface area contributed by atoms with Gasteiger partial charge in [-0.25, -0.2) is 4.39 Å². The van der Waals surface area contributed by atoms with Gasteiger partial charge in [0.15, 0.2) is 0 Å². The van der Waals surface area contributed by atoms with Crippen molar-refractivity contribution < 1.29 is 4.39 Å². The molecule has 1 N–H and O–H groups in total. The molecule has 0 saturated carbocycles. The van der Waals surface area contributed by atoms with Gasteiger partial charge in [0.25, 0.3) is 0 Å². The van der Waals surface area contributed by atoms with E-state index in [9.17, 15) is 4.39 Å². The molecule has 1 atom stereocenters. The highest BCUT2D eigenvalue weighted by atomic mass is 19.1. The summed E-state index contributed by atoms with van der Waals surface area (Å²) in [6, 6.07) is 6.44. The molecular formula is C12H15FN2. The van der Waals surface area contributed by atoms with Crippen LogP contribution in [0.3, 0.4) is 0 Å². The molecule has 0 aliphatic rings. The Morgan fingerprint density at radius 3 is 2.53 bits per heavy atom. The molecule has 0 spiro atoms. The molecule has 0 saturated heterocycles. The number of hydrogen-bond donors (Lipinski definition) is 1. The molecule has 15 heavy (non-hydrogen) atoms. The molecule has 0 aliphatic carbocycles. The Morgan fingerprint density at radius 1 is 1.33 bits per heavy atom. The summed E-state index contributed by atoms with van der Waals surface area (Å²) in [5, 5.41) is 12.0. The van der Waals surface area contributed by atoms with Crippen LogP contribution >= 0.6 is 0 Å². The molecule has 0 bridgehead atoms. The molecule has 1 aromatic rings. The van der Waals surface area contributed by atoms with Crippen LogP contribution in [0.5, 0.6) is 0 Å². The van der Waals surface area contributed by atoms with Gasteiger partial charge < -0.3 is 5.32 Å². The van der Waals surface area contributed by atoms with Gasteiger partial charge in [0.1, 0.15) is 11.9 Å². The van der Waals surface area contributed by atoms with Crippen LogP contribution in [0.2, 0.25) is 0 Å². The van der Waals surface area contributed by atoms with Crippen LogP contribution in [0.25, 0.3) is 0 Å². The smallest absolute Gasteiger partial charge is 0.124 e. The molecule has 3 heteroatoms. The summed E-state index contributed by atoms with van der Waals surface area (Å²) in [7, 11) is 0. The molecule has 1 aromatic carbocycles. The quantitative estimate of drug-likeness (QED) is 0.824. The molecule has 0 aliphatic heterocycles. The van der Waals surface area contributed by atoms with E-state index in [1.165, 1.54) is 12.1 Å². The third-order valence-corrected chi connectivity index (χ3v) is 2.49. The zero-order valence-electron chi connectivity index (χ0n) is 9.21. The molecule has 2 nitrogen and oxygen atoms in total. The van der Waals surface area contributed by atoms with E-state index < -0.39 is 0 Å². The van der Waals surface area contributed by atoms with Crippen LogP contribution in [-0.4, -0.2) is 6.04 Å². The summed E-state index contributed by atoms with van der Waals surface area (Å²) in [5.41, 5.74) is 1.04. The van der Waals surface area contributed by atoms with Gasteiger partial charge >= 0.3 is 0 Å². The second kappa shape index (κ2) is 4.79. The summed E-state index contributed by atoms with van der Waals surface area (Å²) >= 11 is 0. The molecule has 0 aromatic heterocycles. The summed E-state index contributed by atoms with van der Waals surface area (Å²) < 4.78 is 12.9. The number of benzene rings is 1. The summed E-state index contributed by atoms with van der Waals surface area (Å²) in [4.78, 5) is 0. The lowest BCUT2D eigenvalue weighted by Crippen LogP contribution is -2.22. The predicted molar refractivity (Wildman–Crippen MR) is 59.0 cm³/mol. The van der Waals surface area contributed by atoms with Gasteiger partial charge in [-0.3, -0.25) is 0 Å². The number of nitrogens with one attached hydrogen (secondary N) is 1. The Balaban J connectivity index is 2.91. The van der Waals surface area contributed by atoms with Crippen LogP contribution in [-0.2, 0) is 0 Å². The number of nitrogens with zero attached hydrogens (tertiary/aromatic N) is 1. The second-order valence-corrected chi connectivity index (χ2v) is 3.98. The Morgan fingerprint density at radius 2 is 2.00 bits per heavy atom. The van der Waals surface area contributed by atoms with E-state index >= 15 is 0 Å². The van der Waals surface area contributed by atoms with Gasteiger partial charge in [0.2, 0.25) is 0 Å². The van der Waals surface area contributed by atoms with Crippen molar-refractivity contribution >= 4 is 5.69 Å². The summed E-state index contributed by atoms with van der Waals surface area (Å²) in [6.07, 6.45) is 0. The lowest BCUT2D eigenvalue weighted by atomic mass is 10.1. The molecular weight excluding hydrogens is 191 g/mol. The Labute approximate surface area is 89.7 Å². The number of rotatable bonds is 3. The van der Waals surface area contributed by atoms with Crippen molar-refractivity contribution in [3.05, 3.63) is 29.6 Å². The molecule has 0 radical (unpaired) electrons. The van der Waals surface area contributed by atoms with Gasteiger partial charge in [0, 0.05) is 6.04 Å². The first-order valence-corrected chi connectivity index (χ1v) is 5.00. The first-order valence-electron chi connectivity index (χ1n) is 5.00. The van der Waals surface area contributed by atoms with E-state index in [2.05, 4.69) is 19.2 Å². The molecule has 0 amide bonds. The first kappa shape index (κ1) is 11.5. The lowest BCUT2D eigenvalue weighted by molar-refractivity contribution is 0.559. The molecule has 1 rings (SSSR count). The van der Waals surface area contributed by atoms with Gasteiger partial charge in [-0.15, -0.1) is 0 Å². The van der Waals surface area contributed by atoms with Gasteiger partial charge in [-0.1, -0.05) is 13.8 Å². The van der Waals surface area contributed by atoms with E-state index in [0.717, 1.165) is 0 Å². The maximum Gasteiger partial charge on any atom is 0.124 e. The van der Waals surface area contributed by atoms with Crippen LogP contribution in [0.1, 0.15) is 26.3 Å². The minimum Gasteiger partial charge on any atom is -0.381 e. The van der Waals surface area contributed by atoms with Crippen LogP contribution in [0, 0.1) is 23.1 Å². The Kier molecular flexibility index (Phi) is 3.68. The van der Waals surface area contributed by atoms with Crippen LogP contribution in [0.4, 0.5) is 10.1 Å². The fourth-order valence-corrected chi connectivity index (χ4v) is 1.15. The molecule has 1 unspecified atom stereocenters. The summed E-state index contributed by atoms with van der Waals surface area (Å²) in [5.74, 6) is 0.0795. The average molecular weight is 206 g/mol.